The highest BCUT2D eigenvalue weighted by Gasteiger charge is 2.29. The van der Waals surface area contributed by atoms with Gasteiger partial charge in [0.05, 0.1) is 0 Å². The van der Waals surface area contributed by atoms with Crippen molar-refractivity contribution >= 4 is 0 Å². The minimum absolute atomic E-state index is 0.413. The van der Waals surface area contributed by atoms with Gasteiger partial charge in [-0.05, 0) is 41.7 Å². The molecule has 1 aliphatic rings. The number of hydrogen-bond donors (Lipinski definition) is 0. The Morgan fingerprint density at radius 1 is 0.944 bits per heavy atom. The van der Waals surface area contributed by atoms with Crippen LogP contribution in [-0.2, 0) is 6.42 Å². The largest absolute Gasteiger partial charge is 0.0683 e. The maximum Gasteiger partial charge on any atom is -0.0110 e. The molecule has 0 fully saturated rings. The zero-order chi connectivity index (χ0) is 14.2. The molecule has 0 heteroatoms. The molecule has 0 saturated heterocycles. The monoisotopic (exact) mass is 248 g/mol. The number of benzene rings is 1. The van der Waals surface area contributed by atoms with Crippen LogP contribution in [0, 0.1) is 5.41 Å². The molecule has 0 heterocycles. The molecule has 1 atom stereocenters. The van der Waals surface area contributed by atoms with E-state index in [1.807, 2.05) is 27.7 Å². The normalized spacial score (nSPS) is 17.6. The van der Waals surface area contributed by atoms with E-state index in [4.69, 9.17) is 0 Å². The van der Waals surface area contributed by atoms with Crippen LogP contribution in [0.1, 0.15) is 78.4 Å². The van der Waals surface area contributed by atoms with E-state index in [9.17, 15) is 0 Å². The highest BCUT2D eigenvalue weighted by molar-refractivity contribution is 5.33. The van der Waals surface area contributed by atoms with E-state index in [0.717, 1.165) is 5.92 Å². The van der Waals surface area contributed by atoms with Crippen molar-refractivity contribution in [2.75, 3.05) is 0 Å². The predicted octanol–water partition coefficient (Wildman–Crippen LogP) is 6.21. The van der Waals surface area contributed by atoms with Gasteiger partial charge >= 0.3 is 0 Å². The molecular formula is C18H32. The summed E-state index contributed by atoms with van der Waals surface area (Å²) in [5.74, 6) is 0.757. The zero-order valence-electron chi connectivity index (χ0n) is 13.5. The smallest absolute Gasteiger partial charge is 0.0110 e. The molecule has 1 unspecified atom stereocenters. The van der Waals surface area contributed by atoms with E-state index in [1.165, 1.54) is 19.3 Å². The second kappa shape index (κ2) is 8.34. The second-order valence-electron chi connectivity index (χ2n) is 5.51. The van der Waals surface area contributed by atoms with Crippen LogP contribution < -0.4 is 0 Å². The predicted molar refractivity (Wildman–Crippen MR) is 84.3 cm³/mol. The van der Waals surface area contributed by atoms with E-state index in [1.54, 1.807) is 11.1 Å². The van der Waals surface area contributed by atoms with Crippen LogP contribution in [0.5, 0.6) is 0 Å². The van der Waals surface area contributed by atoms with Gasteiger partial charge in [0.25, 0.3) is 0 Å². The van der Waals surface area contributed by atoms with Crippen LogP contribution in [0.4, 0.5) is 0 Å². The van der Waals surface area contributed by atoms with Crippen LogP contribution in [0.25, 0.3) is 0 Å². The van der Waals surface area contributed by atoms with Crippen molar-refractivity contribution in [1.82, 2.24) is 0 Å². The van der Waals surface area contributed by atoms with Crippen LogP contribution in [0.2, 0.25) is 0 Å². The molecule has 0 aliphatic heterocycles. The minimum Gasteiger partial charge on any atom is -0.0683 e. The van der Waals surface area contributed by atoms with E-state index in [2.05, 4.69) is 45.0 Å². The van der Waals surface area contributed by atoms with Crippen molar-refractivity contribution in [2.45, 2.75) is 73.6 Å². The van der Waals surface area contributed by atoms with Crippen molar-refractivity contribution in [2.24, 2.45) is 5.41 Å². The third-order valence-corrected chi connectivity index (χ3v) is 3.41. The van der Waals surface area contributed by atoms with E-state index in [-0.39, 0.29) is 0 Å². The highest BCUT2D eigenvalue weighted by atomic mass is 14.3. The lowest BCUT2D eigenvalue weighted by Gasteiger charge is -2.35. The van der Waals surface area contributed by atoms with Crippen molar-refractivity contribution < 1.29 is 0 Å². The van der Waals surface area contributed by atoms with Gasteiger partial charge in [0.15, 0.2) is 0 Å². The van der Waals surface area contributed by atoms with Crippen LogP contribution >= 0.6 is 0 Å². The summed E-state index contributed by atoms with van der Waals surface area (Å²) in [7, 11) is 0. The molecule has 104 valence electrons. The maximum atomic E-state index is 2.36. The van der Waals surface area contributed by atoms with Gasteiger partial charge in [-0.25, -0.2) is 0 Å². The Balaban J connectivity index is 0.000000659. The fourth-order valence-electron chi connectivity index (χ4n) is 2.65. The molecule has 0 bridgehead atoms. The molecule has 1 aliphatic carbocycles. The molecule has 0 N–H and O–H groups in total. The summed E-state index contributed by atoms with van der Waals surface area (Å²) in [5.41, 5.74) is 3.60. The Hall–Kier alpha value is -0.780. The molecular weight excluding hydrogens is 216 g/mol. The molecule has 0 spiro atoms. The van der Waals surface area contributed by atoms with Gasteiger partial charge in [0.2, 0.25) is 0 Å². The Morgan fingerprint density at radius 3 is 2.06 bits per heavy atom. The Bertz CT molecular complexity index is 317. The quantitative estimate of drug-likeness (QED) is 0.512. The summed E-state index contributed by atoms with van der Waals surface area (Å²) in [6, 6.07) is 8.98. The van der Waals surface area contributed by atoms with Crippen LogP contribution in [0.15, 0.2) is 24.3 Å². The fraction of sp³-hybridized carbons (Fsp3) is 0.667. The zero-order valence-corrected chi connectivity index (χ0v) is 13.5. The Morgan fingerprint density at radius 2 is 1.50 bits per heavy atom. The van der Waals surface area contributed by atoms with Crippen molar-refractivity contribution in [1.29, 1.82) is 0 Å². The fourth-order valence-corrected chi connectivity index (χ4v) is 2.65. The average Bonchev–Trinajstić information content (AvgIpc) is 2.41. The molecule has 0 radical (unpaired) electrons. The van der Waals surface area contributed by atoms with Gasteiger partial charge in [-0.15, -0.1) is 0 Å². The molecule has 0 aromatic heterocycles. The lowest BCUT2D eigenvalue weighted by molar-refractivity contribution is 0.289. The van der Waals surface area contributed by atoms with Gasteiger partial charge in [0.1, 0.15) is 0 Å². The number of hydrogen-bond acceptors (Lipinski definition) is 0. The van der Waals surface area contributed by atoms with E-state index >= 15 is 0 Å². The molecule has 0 saturated carbocycles. The van der Waals surface area contributed by atoms with E-state index < -0.39 is 0 Å². The second-order valence-corrected chi connectivity index (χ2v) is 5.51. The molecule has 18 heavy (non-hydrogen) atoms. The van der Waals surface area contributed by atoms with Crippen LogP contribution in [0.3, 0.4) is 0 Å². The van der Waals surface area contributed by atoms with Gasteiger partial charge in [-0.2, -0.15) is 0 Å². The standard InChI is InChI=1S/C14H20.2C2H6/c1-14(2,3)13-10-6-8-11-7-4-5-9-12(11)13;2*1-2/h4-5,7,9,13H,6,8,10H2,1-3H3;2*1-2H3. The van der Waals surface area contributed by atoms with Gasteiger partial charge in [-0.3, -0.25) is 0 Å². The summed E-state index contributed by atoms with van der Waals surface area (Å²) in [6.07, 6.45) is 4.00. The Kier molecular flexibility index (Phi) is 7.98. The molecule has 1 aromatic carbocycles. The number of rotatable bonds is 0. The van der Waals surface area contributed by atoms with Crippen molar-refractivity contribution in [3.63, 3.8) is 0 Å². The number of fused-ring (bicyclic) bond motifs is 1. The van der Waals surface area contributed by atoms with Crippen molar-refractivity contribution in [3.05, 3.63) is 35.4 Å². The summed E-state index contributed by atoms with van der Waals surface area (Å²) >= 11 is 0. The highest BCUT2D eigenvalue weighted by Crippen LogP contribution is 2.43. The maximum absolute atomic E-state index is 2.36. The third-order valence-electron chi connectivity index (χ3n) is 3.41. The lowest BCUT2D eigenvalue weighted by atomic mass is 9.69. The molecule has 0 amide bonds. The first kappa shape index (κ1) is 17.2. The van der Waals surface area contributed by atoms with E-state index in [0.29, 0.717) is 5.41 Å². The SMILES string of the molecule is CC.CC.CC(C)(C)C1CCCc2ccccc21. The summed E-state index contributed by atoms with van der Waals surface area (Å²) in [6.45, 7) is 15.1. The van der Waals surface area contributed by atoms with Gasteiger partial charge in [0, 0.05) is 0 Å². The Labute approximate surface area is 115 Å². The first-order chi connectivity index (χ1) is 8.59. The minimum atomic E-state index is 0.413. The topological polar surface area (TPSA) is 0 Å². The first-order valence-electron chi connectivity index (χ1n) is 7.67. The average molecular weight is 248 g/mol. The first-order valence-corrected chi connectivity index (χ1v) is 7.67. The molecule has 1 aromatic rings. The lowest BCUT2D eigenvalue weighted by Crippen LogP contribution is -2.22. The number of aryl methyl sites for hydroxylation is 1. The summed E-state index contributed by atoms with van der Waals surface area (Å²) in [4.78, 5) is 0. The summed E-state index contributed by atoms with van der Waals surface area (Å²) < 4.78 is 0. The van der Waals surface area contributed by atoms with Gasteiger partial charge in [-0.1, -0.05) is 72.7 Å². The summed E-state index contributed by atoms with van der Waals surface area (Å²) in [5, 5.41) is 0. The molecule has 0 nitrogen and oxygen atoms in total. The third kappa shape index (κ3) is 4.48. The van der Waals surface area contributed by atoms with Crippen LogP contribution in [-0.4, -0.2) is 0 Å². The molecule has 2 rings (SSSR count). The van der Waals surface area contributed by atoms with Gasteiger partial charge < -0.3 is 0 Å². The van der Waals surface area contributed by atoms with Crippen molar-refractivity contribution in [3.8, 4) is 0 Å².